The van der Waals surface area contributed by atoms with Gasteiger partial charge in [-0.25, -0.2) is 0 Å². The van der Waals surface area contributed by atoms with Crippen molar-refractivity contribution in [1.29, 1.82) is 0 Å². The molecule has 18 heavy (non-hydrogen) atoms. The van der Waals surface area contributed by atoms with Gasteiger partial charge in [-0.1, -0.05) is 18.2 Å². The van der Waals surface area contributed by atoms with Crippen molar-refractivity contribution in [1.82, 2.24) is 0 Å². The zero-order valence-corrected chi connectivity index (χ0v) is 10.1. The van der Waals surface area contributed by atoms with Crippen molar-refractivity contribution < 1.29 is 14.5 Å². The van der Waals surface area contributed by atoms with Crippen LogP contribution in [0.25, 0.3) is 6.08 Å². The van der Waals surface area contributed by atoms with Gasteiger partial charge < -0.3 is 4.74 Å². The lowest BCUT2D eigenvalue weighted by atomic mass is 10.0. The number of non-ortho nitro benzene ring substituents is 1. The third kappa shape index (κ3) is 2.31. The molecule has 0 N–H and O–H groups in total. The van der Waals surface area contributed by atoms with E-state index in [1.807, 2.05) is 6.92 Å². The van der Waals surface area contributed by atoms with Gasteiger partial charge in [-0.15, -0.1) is 0 Å². The summed E-state index contributed by atoms with van der Waals surface area (Å²) in [6, 6.07) is 6.12. The quantitative estimate of drug-likeness (QED) is 0.354. The lowest BCUT2D eigenvalue weighted by Crippen LogP contribution is -2.20. The Labute approximate surface area is 104 Å². The first-order chi connectivity index (χ1) is 8.43. The molecule has 1 aliphatic rings. The van der Waals surface area contributed by atoms with E-state index in [4.69, 9.17) is 4.74 Å². The minimum Gasteiger partial charge on any atom is -0.358 e. The molecule has 0 bridgehead atoms. The number of ketones is 1. The maximum absolute atomic E-state index is 11.8. The highest BCUT2D eigenvalue weighted by atomic mass is 16.6. The van der Waals surface area contributed by atoms with Gasteiger partial charge in [0.05, 0.1) is 11.0 Å². The van der Waals surface area contributed by atoms with Gasteiger partial charge in [0, 0.05) is 12.1 Å². The number of ether oxygens (including phenoxy) is 1. The van der Waals surface area contributed by atoms with Crippen molar-refractivity contribution in [2.75, 3.05) is 0 Å². The zero-order valence-electron chi connectivity index (χ0n) is 10.1. The van der Waals surface area contributed by atoms with Crippen LogP contribution in [0.5, 0.6) is 0 Å². The van der Waals surface area contributed by atoms with Gasteiger partial charge in [-0.2, -0.15) is 0 Å². The predicted octanol–water partition coefficient (Wildman–Crippen LogP) is 2.35. The van der Waals surface area contributed by atoms with E-state index in [1.165, 1.54) is 18.2 Å². The second kappa shape index (κ2) is 4.34. The Balaban J connectivity index is 2.12. The molecule has 0 aliphatic carbocycles. The fraction of sp³-hybridized carbons (Fsp3) is 0.308. The lowest BCUT2D eigenvalue weighted by Gasteiger charge is -1.99. The molecule has 0 unspecified atom stereocenters. The Morgan fingerprint density at radius 3 is 2.78 bits per heavy atom. The van der Waals surface area contributed by atoms with Gasteiger partial charge in [0.2, 0.25) is 0 Å². The highest BCUT2D eigenvalue weighted by molar-refractivity contribution is 6.02. The van der Waals surface area contributed by atoms with Crippen LogP contribution in [0, 0.1) is 10.1 Å². The number of carbonyl (C=O) groups is 1. The number of hydrogen-bond acceptors (Lipinski definition) is 4. The van der Waals surface area contributed by atoms with Crippen molar-refractivity contribution in [2.45, 2.75) is 25.6 Å². The summed E-state index contributed by atoms with van der Waals surface area (Å²) in [6.45, 7) is 3.57. The van der Waals surface area contributed by atoms with E-state index in [1.54, 1.807) is 25.1 Å². The number of benzene rings is 1. The summed E-state index contributed by atoms with van der Waals surface area (Å²) in [5.41, 5.74) is -0.0988. The molecule has 0 spiro atoms. The summed E-state index contributed by atoms with van der Waals surface area (Å²) < 4.78 is 5.21. The molecule has 1 fully saturated rings. The second-order valence-corrected chi connectivity index (χ2v) is 4.42. The molecule has 0 aromatic heterocycles. The average Bonchev–Trinajstić information content (AvgIpc) is 2.96. The Morgan fingerprint density at radius 1 is 1.56 bits per heavy atom. The average molecular weight is 247 g/mol. The van der Waals surface area contributed by atoms with Crippen LogP contribution < -0.4 is 0 Å². The van der Waals surface area contributed by atoms with Crippen molar-refractivity contribution in [3.8, 4) is 0 Å². The SMILES string of the molecule is C[C@H]1O[C@@]1(C)C(=O)/C=C/c1cccc([N+](=O)[O-])c1. The summed E-state index contributed by atoms with van der Waals surface area (Å²) >= 11 is 0. The van der Waals surface area contributed by atoms with E-state index in [9.17, 15) is 14.9 Å². The topological polar surface area (TPSA) is 72.7 Å². The first kappa shape index (κ1) is 12.4. The molecule has 2 rings (SSSR count). The summed E-state index contributed by atoms with van der Waals surface area (Å²) in [4.78, 5) is 21.9. The number of hydrogen-bond donors (Lipinski definition) is 0. The summed E-state index contributed by atoms with van der Waals surface area (Å²) in [7, 11) is 0. The van der Waals surface area contributed by atoms with Gasteiger partial charge in [0.15, 0.2) is 11.4 Å². The first-order valence-corrected chi connectivity index (χ1v) is 5.58. The van der Waals surface area contributed by atoms with Gasteiger partial charge in [-0.3, -0.25) is 14.9 Å². The van der Waals surface area contributed by atoms with E-state index < -0.39 is 10.5 Å². The minimum absolute atomic E-state index is 0.00634. The molecule has 1 aliphatic heterocycles. The molecular weight excluding hydrogens is 234 g/mol. The Kier molecular flexibility index (Phi) is 3.00. The molecule has 5 nitrogen and oxygen atoms in total. The van der Waals surface area contributed by atoms with Crippen LogP contribution in [0.15, 0.2) is 30.3 Å². The minimum atomic E-state index is -0.725. The second-order valence-electron chi connectivity index (χ2n) is 4.42. The van der Waals surface area contributed by atoms with Crippen LogP contribution in [-0.2, 0) is 9.53 Å². The molecule has 0 radical (unpaired) electrons. The van der Waals surface area contributed by atoms with Gasteiger partial charge >= 0.3 is 0 Å². The largest absolute Gasteiger partial charge is 0.358 e. The highest BCUT2D eigenvalue weighted by Crippen LogP contribution is 2.36. The van der Waals surface area contributed by atoms with E-state index in [0.29, 0.717) is 5.56 Å². The molecule has 1 aromatic carbocycles. The van der Waals surface area contributed by atoms with Crippen LogP contribution in [0.3, 0.4) is 0 Å². The van der Waals surface area contributed by atoms with E-state index in [-0.39, 0.29) is 17.6 Å². The molecule has 1 heterocycles. The predicted molar refractivity (Wildman–Crippen MR) is 66.1 cm³/mol. The van der Waals surface area contributed by atoms with Crippen LogP contribution in [-0.4, -0.2) is 22.4 Å². The molecule has 1 aromatic rings. The third-order valence-electron chi connectivity index (χ3n) is 3.14. The van der Waals surface area contributed by atoms with E-state index in [2.05, 4.69) is 0 Å². The van der Waals surface area contributed by atoms with Crippen molar-refractivity contribution >= 4 is 17.5 Å². The molecule has 1 saturated heterocycles. The van der Waals surface area contributed by atoms with Crippen LogP contribution in [0.1, 0.15) is 19.4 Å². The maximum Gasteiger partial charge on any atom is 0.270 e. The standard InChI is InChI=1S/C13H13NO4/c1-9-13(2,18-9)12(15)7-6-10-4-3-5-11(8-10)14(16)17/h3-9H,1-2H3/b7-6+/t9-,13-/m1/s1. The maximum atomic E-state index is 11.8. The molecule has 5 heteroatoms. The Hall–Kier alpha value is -2.01. The molecule has 0 saturated carbocycles. The number of nitrogens with zero attached hydrogens (tertiary/aromatic N) is 1. The highest BCUT2D eigenvalue weighted by Gasteiger charge is 2.54. The fourth-order valence-electron chi connectivity index (χ4n) is 1.67. The lowest BCUT2D eigenvalue weighted by molar-refractivity contribution is -0.384. The van der Waals surface area contributed by atoms with Gasteiger partial charge in [0.25, 0.3) is 5.69 Å². The molecule has 2 atom stereocenters. The van der Waals surface area contributed by atoms with Gasteiger partial charge in [0.1, 0.15) is 0 Å². The van der Waals surface area contributed by atoms with Gasteiger partial charge in [-0.05, 0) is 25.5 Å². The fourth-order valence-corrected chi connectivity index (χ4v) is 1.67. The molecular formula is C13H13NO4. The molecule has 94 valence electrons. The van der Waals surface area contributed by atoms with Crippen molar-refractivity contribution in [2.24, 2.45) is 0 Å². The smallest absolute Gasteiger partial charge is 0.270 e. The van der Waals surface area contributed by atoms with E-state index >= 15 is 0 Å². The van der Waals surface area contributed by atoms with Crippen LogP contribution >= 0.6 is 0 Å². The summed E-state index contributed by atoms with van der Waals surface area (Å²) in [5.74, 6) is -0.124. The van der Waals surface area contributed by atoms with Crippen LogP contribution in [0.2, 0.25) is 0 Å². The van der Waals surface area contributed by atoms with Crippen molar-refractivity contribution in [3.63, 3.8) is 0 Å². The number of epoxide rings is 1. The Morgan fingerprint density at radius 2 is 2.22 bits per heavy atom. The monoisotopic (exact) mass is 247 g/mol. The summed E-state index contributed by atoms with van der Waals surface area (Å²) in [6.07, 6.45) is 2.90. The van der Waals surface area contributed by atoms with E-state index in [0.717, 1.165) is 0 Å². The zero-order chi connectivity index (χ0) is 13.3. The first-order valence-electron chi connectivity index (χ1n) is 5.58. The normalized spacial score (nSPS) is 26.2. The Bertz CT molecular complexity index is 538. The molecule has 0 amide bonds. The number of carbonyl (C=O) groups excluding carboxylic acids is 1. The number of nitro benzene ring substituents is 1. The number of nitro groups is 1. The van der Waals surface area contributed by atoms with Crippen molar-refractivity contribution in [3.05, 3.63) is 46.0 Å². The van der Waals surface area contributed by atoms with Crippen LogP contribution in [0.4, 0.5) is 5.69 Å². The number of rotatable bonds is 4. The summed E-state index contributed by atoms with van der Waals surface area (Å²) in [5, 5.41) is 10.6. The third-order valence-corrected chi connectivity index (χ3v) is 3.14.